The van der Waals surface area contributed by atoms with Gasteiger partial charge >= 0.3 is 0 Å². The predicted molar refractivity (Wildman–Crippen MR) is 111 cm³/mol. The number of nitrogens with one attached hydrogen (secondary N) is 1. The second-order valence-electron chi connectivity index (χ2n) is 8.27. The van der Waals surface area contributed by atoms with E-state index in [4.69, 9.17) is 4.98 Å². The van der Waals surface area contributed by atoms with Gasteiger partial charge in [-0.3, -0.25) is 9.48 Å². The van der Waals surface area contributed by atoms with Gasteiger partial charge in [0.05, 0.1) is 22.1 Å². The van der Waals surface area contributed by atoms with Gasteiger partial charge in [0.2, 0.25) is 0 Å². The van der Waals surface area contributed by atoms with Crippen molar-refractivity contribution >= 4 is 21.8 Å². The maximum absolute atomic E-state index is 13.0. The van der Waals surface area contributed by atoms with Gasteiger partial charge in [0.1, 0.15) is 5.75 Å². The lowest BCUT2D eigenvalue weighted by Gasteiger charge is -2.11. The Morgan fingerprint density at radius 3 is 2.79 bits per heavy atom. The Kier molecular flexibility index (Phi) is 3.27. The molecular weight excluding hydrogens is 366 g/mol. The standard InChI is InChI=1S/C22H21N5O2/c1-11-19-12(10-26(2)25-19)7-14(21(11)28)17-4-3-13-18(24-17)5-6-27(22(13)29)20-15-8-23-9-16(15)20/h3-7,10,15-16,20,23,28H,8-9H2,1-2H3. The van der Waals surface area contributed by atoms with E-state index in [2.05, 4.69) is 10.4 Å². The van der Waals surface area contributed by atoms with Gasteiger partial charge in [-0.25, -0.2) is 4.98 Å². The third kappa shape index (κ3) is 2.31. The fourth-order valence-electron chi connectivity index (χ4n) is 4.96. The lowest BCUT2D eigenvalue weighted by Crippen LogP contribution is -2.24. The van der Waals surface area contributed by atoms with E-state index < -0.39 is 0 Å². The van der Waals surface area contributed by atoms with Crippen LogP contribution in [0.5, 0.6) is 5.75 Å². The number of nitrogens with zero attached hydrogens (tertiary/aromatic N) is 4. The number of phenols is 1. The van der Waals surface area contributed by atoms with E-state index in [1.54, 1.807) is 4.68 Å². The molecule has 3 aromatic heterocycles. The zero-order valence-electron chi connectivity index (χ0n) is 16.3. The molecule has 2 N–H and O–H groups in total. The molecule has 2 aliphatic rings. The molecule has 7 nitrogen and oxygen atoms in total. The van der Waals surface area contributed by atoms with Crippen LogP contribution in [0.15, 0.2) is 41.5 Å². The summed E-state index contributed by atoms with van der Waals surface area (Å²) in [7, 11) is 1.86. The highest BCUT2D eigenvalue weighted by atomic mass is 16.3. The number of rotatable bonds is 2. The molecule has 4 heterocycles. The molecule has 6 rings (SSSR count). The minimum atomic E-state index is 0.0177. The summed E-state index contributed by atoms with van der Waals surface area (Å²) in [5, 5.41) is 20.1. The Morgan fingerprint density at radius 2 is 2.00 bits per heavy atom. The molecular formula is C22H21N5O2. The third-order valence-corrected chi connectivity index (χ3v) is 6.55. The topological polar surface area (TPSA) is 85.0 Å². The van der Waals surface area contributed by atoms with Crippen molar-refractivity contribution in [1.82, 2.24) is 24.6 Å². The molecule has 2 fully saturated rings. The first kappa shape index (κ1) is 16.7. The van der Waals surface area contributed by atoms with Crippen molar-refractivity contribution in [2.45, 2.75) is 13.0 Å². The molecule has 0 bridgehead atoms. The SMILES string of the molecule is Cc1c(O)c(-c2ccc3c(=O)n(C4C5CNCC54)ccc3n2)cc2cn(C)nc12. The van der Waals surface area contributed by atoms with E-state index in [1.807, 2.05) is 55.2 Å². The average Bonchev–Trinajstić information content (AvgIpc) is 3.04. The summed E-state index contributed by atoms with van der Waals surface area (Å²) < 4.78 is 3.61. The second kappa shape index (κ2) is 5.67. The maximum atomic E-state index is 13.0. The van der Waals surface area contributed by atoms with Crippen LogP contribution in [-0.2, 0) is 7.05 Å². The number of hydrogen-bond donors (Lipinski definition) is 2. The number of fused-ring (bicyclic) bond motifs is 3. The number of benzene rings is 1. The van der Waals surface area contributed by atoms with Crippen molar-refractivity contribution in [1.29, 1.82) is 0 Å². The normalized spacial score (nSPS) is 23.0. The number of piperidine rings is 1. The van der Waals surface area contributed by atoms with Crippen LogP contribution in [0, 0.1) is 18.8 Å². The summed E-state index contributed by atoms with van der Waals surface area (Å²) >= 11 is 0. The van der Waals surface area contributed by atoms with Gasteiger partial charge in [-0.05, 0) is 43.0 Å². The first-order valence-corrected chi connectivity index (χ1v) is 9.92. The van der Waals surface area contributed by atoms with Gasteiger partial charge in [0.15, 0.2) is 0 Å². The molecule has 1 saturated heterocycles. The molecule has 2 unspecified atom stereocenters. The van der Waals surface area contributed by atoms with Gasteiger partial charge in [-0.1, -0.05) is 0 Å². The zero-order chi connectivity index (χ0) is 19.9. The van der Waals surface area contributed by atoms with E-state index >= 15 is 0 Å². The Morgan fingerprint density at radius 1 is 1.21 bits per heavy atom. The van der Waals surface area contributed by atoms with Crippen LogP contribution in [0.3, 0.4) is 0 Å². The van der Waals surface area contributed by atoms with Crippen LogP contribution in [0.4, 0.5) is 0 Å². The first-order valence-electron chi connectivity index (χ1n) is 9.92. The summed E-state index contributed by atoms with van der Waals surface area (Å²) in [6.45, 7) is 3.84. The van der Waals surface area contributed by atoms with Crippen molar-refractivity contribution in [2.24, 2.45) is 18.9 Å². The van der Waals surface area contributed by atoms with Gasteiger partial charge in [0.25, 0.3) is 5.56 Å². The molecule has 1 aromatic carbocycles. The molecule has 2 atom stereocenters. The highest BCUT2D eigenvalue weighted by Crippen LogP contribution is 2.51. The van der Waals surface area contributed by atoms with Crippen LogP contribution in [0.2, 0.25) is 0 Å². The lowest BCUT2D eigenvalue weighted by atomic mass is 10.0. The molecule has 1 saturated carbocycles. The van der Waals surface area contributed by atoms with Crippen molar-refractivity contribution in [3.05, 3.63) is 52.6 Å². The third-order valence-electron chi connectivity index (χ3n) is 6.55. The molecule has 0 radical (unpaired) electrons. The van der Waals surface area contributed by atoms with Gasteiger partial charge in [0, 0.05) is 55.1 Å². The Balaban J connectivity index is 1.47. The number of aromatic nitrogens is 4. The van der Waals surface area contributed by atoms with E-state index in [-0.39, 0.29) is 11.3 Å². The van der Waals surface area contributed by atoms with E-state index in [0.717, 1.165) is 29.6 Å². The first-order chi connectivity index (χ1) is 14.0. The van der Waals surface area contributed by atoms with Crippen LogP contribution in [0.1, 0.15) is 11.6 Å². The maximum Gasteiger partial charge on any atom is 0.260 e. The van der Waals surface area contributed by atoms with E-state index in [0.29, 0.717) is 40.0 Å². The van der Waals surface area contributed by atoms with Crippen LogP contribution in [-0.4, -0.2) is 37.5 Å². The van der Waals surface area contributed by atoms with Crippen molar-refractivity contribution in [3.63, 3.8) is 0 Å². The van der Waals surface area contributed by atoms with Crippen LogP contribution < -0.4 is 10.9 Å². The molecule has 0 spiro atoms. The van der Waals surface area contributed by atoms with Gasteiger partial charge in [-0.15, -0.1) is 0 Å². The number of aromatic hydroxyl groups is 1. The van der Waals surface area contributed by atoms with Crippen LogP contribution >= 0.6 is 0 Å². The molecule has 29 heavy (non-hydrogen) atoms. The van der Waals surface area contributed by atoms with E-state index in [1.165, 1.54) is 0 Å². The highest BCUT2D eigenvalue weighted by Gasteiger charge is 2.54. The monoisotopic (exact) mass is 387 g/mol. The molecule has 7 heteroatoms. The second-order valence-corrected chi connectivity index (χ2v) is 8.27. The summed E-state index contributed by atoms with van der Waals surface area (Å²) in [6, 6.07) is 7.77. The molecule has 1 aliphatic carbocycles. The molecule has 1 aliphatic heterocycles. The van der Waals surface area contributed by atoms with E-state index in [9.17, 15) is 9.90 Å². The minimum absolute atomic E-state index is 0.0177. The summed E-state index contributed by atoms with van der Waals surface area (Å²) in [5.41, 5.74) is 3.47. The number of aryl methyl sites for hydroxylation is 2. The smallest absolute Gasteiger partial charge is 0.260 e. The van der Waals surface area contributed by atoms with Gasteiger partial charge < -0.3 is 15.0 Å². The average molecular weight is 387 g/mol. The van der Waals surface area contributed by atoms with Gasteiger partial charge in [-0.2, -0.15) is 5.10 Å². The number of hydrogen-bond acceptors (Lipinski definition) is 5. The Bertz CT molecular complexity index is 1360. The fourth-order valence-corrected chi connectivity index (χ4v) is 4.96. The Labute approximate surface area is 166 Å². The fraction of sp³-hybridized carbons (Fsp3) is 0.318. The lowest BCUT2D eigenvalue weighted by molar-refractivity contribution is 0.474. The van der Waals surface area contributed by atoms with Crippen LogP contribution in [0.25, 0.3) is 33.1 Å². The highest BCUT2D eigenvalue weighted by molar-refractivity contribution is 5.91. The van der Waals surface area contributed by atoms with Crippen molar-refractivity contribution in [2.75, 3.05) is 13.1 Å². The predicted octanol–water partition coefficient (Wildman–Crippen LogP) is 2.35. The summed E-state index contributed by atoms with van der Waals surface area (Å²) in [5.74, 6) is 1.32. The summed E-state index contributed by atoms with van der Waals surface area (Å²) in [4.78, 5) is 17.7. The molecule has 0 amide bonds. The zero-order valence-corrected chi connectivity index (χ0v) is 16.3. The van der Waals surface area contributed by atoms with Crippen molar-refractivity contribution in [3.8, 4) is 17.0 Å². The summed E-state index contributed by atoms with van der Waals surface area (Å²) in [6.07, 6.45) is 3.80. The Hall–Kier alpha value is -3.19. The number of pyridine rings is 2. The number of phenolic OH excluding ortho intramolecular Hbond substituents is 1. The molecule has 146 valence electrons. The molecule has 4 aromatic rings. The largest absolute Gasteiger partial charge is 0.507 e. The minimum Gasteiger partial charge on any atom is -0.507 e. The van der Waals surface area contributed by atoms with Crippen molar-refractivity contribution < 1.29 is 5.11 Å². The quantitative estimate of drug-likeness (QED) is 0.552.